The summed E-state index contributed by atoms with van der Waals surface area (Å²) in [6.45, 7) is 13.0. The standard InChI is InChI=1S/C22H28N2O/c1-21(2,3)14-12-15(19(25)16(13-14)22(4,5)6)20-23-17-10-8-9-11-18(17)24(20)7/h8-13,25H,1-7H3. The van der Waals surface area contributed by atoms with Crippen LogP contribution in [0.15, 0.2) is 36.4 Å². The van der Waals surface area contributed by atoms with Gasteiger partial charge in [0.05, 0.1) is 16.6 Å². The van der Waals surface area contributed by atoms with Crippen LogP contribution in [0.25, 0.3) is 22.4 Å². The van der Waals surface area contributed by atoms with Crippen molar-refractivity contribution in [2.75, 3.05) is 0 Å². The van der Waals surface area contributed by atoms with Gasteiger partial charge in [-0.25, -0.2) is 4.98 Å². The lowest BCUT2D eigenvalue weighted by Gasteiger charge is -2.27. The van der Waals surface area contributed by atoms with E-state index in [2.05, 4.69) is 64.3 Å². The van der Waals surface area contributed by atoms with Crippen LogP contribution in [0.4, 0.5) is 0 Å². The zero-order valence-electron chi connectivity index (χ0n) is 16.3. The third-order valence-corrected chi connectivity index (χ3v) is 4.81. The van der Waals surface area contributed by atoms with Crippen LogP contribution in [-0.2, 0) is 17.9 Å². The number of aromatic nitrogens is 2. The number of rotatable bonds is 1. The zero-order chi connectivity index (χ0) is 18.6. The first kappa shape index (κ1) is 17.5. The van der Waals surface area contributed by atoms with Crippen molar-refractivity contribution < 1.29 is 5.11 Å². The largest absolute Gasteiger partial charge is 0.507 e. The quantitative estimate of drug-likeness (QED) is 0.633. The summed E-state index contributed by atoms with van der Waals surface area (Å²) in [6.07, 6.45) is 0. The second-order valence-electron chi connectivity index (χ2n) is 8.90. The monoisotopic (exact) mass is 336 g/mol. The van der Waals surface area contributed by atoms with Gasteiger partial charge in [-0.2, -0.15) is 0 Å². The SMILES string of the molecule is Cn1c(-c2cc(C(C)(C)C)cc(C(C)(C)C)c2O)nc2ccccc21. The van der Waals surface area contributed by atoms with E-state index >= 15 is 0 Å². The summed E-state index contributed by atoms with van der Waals surface area (Å²) in [5.74, 6) is 1.13. The molecule has 2 aromatic carbocycles. The van der Waals surface area contributed by atoms with Crippen LogP contribution in [0.2, 0.25) is 0 Å². The molecule has 0 aliphatic rings. The molecule has 3 rings (SSSR count). The Bertz CT molecular complexity index is 937. The first-order chi connectivity index (χ1) is 11.5. The maximum atomic E-state index is 11.1. The number of nitrogens with zero attached hydrogens (tertiary/aromatic N) is 2. The van der Waals surface area contributed by atoms with Crippen molar-refractivity contribution in [1.29, 1.82) is 0 Å². The molecule has 1 heterocycles. The highest BCUT2D eigenvalue weighted by Crippen LogP contribution is 2.42. The molecule has 0 atom stereocenters. The minimum Gasteiger partial charge on any atom is -0.507 e. The lowest BCUT2D eigenvalue weighted by molar-refractivity contribution is 0.446. The molecule has 0 fully saturated rings. The molecule has 3 nitrogen and oxygen atoms in total. The first-order valence-electron chi connectivity index (χ1n) is 8.80. The van der Waals surface area contributed by atoms with Crippen LogP contribution in [0.1, 0.15) is 52.7 Å². The molecule has 132 valence electrons. The molecule has 3 heteroatoms. The van der Waals surface area contributed by atoms with E-state index in [9.17, 15) is 5.11 Å². The Kier molecular flexibility index (Phi) is 3.94. The van der Waals surface area contributed by atoms with Gasteiger partial charge in [0.25, 0.3) is 0 Å². The summed E-state index contributed by atoms with van der Waals surface area (Å²) in [5, 5.41) is 11.1. The van der Waals surface area contributed by atoms with Crippen LogP contribution in [0.3, 0.4) is 0 Å². The topological polar surface area (TPSA) is 38.0 Å². The van der Waals surface area contributed by atoms with Crippen molar-refractivity contribution in [3.8, 4) is 17.1 Å². The van der Waals surface area contributed by atoms with Gasteiger partial charge < -0.3 is 9.67 Å². The molecule has 25 heavy (non-hydrogen) atoms. The van der Waals surface area contributed by atoms with Gasteiger partial charge >= 0.3 is 0 Å². The maximum Gasteiger partial charge on any atom is 0.144 e. The number of fused-ring (bicyclic) bond motifs is 1. The van der Waals surface area contributed by atoms with Crippen LogP contribution in [0.5, 0.6) is 5.75 Å². The Hall–Kier alpha value is -2.29. The lowest BCUT2D eigenvalue weighted by Crippen LogP contribution is -2.17. The van der Waals surface area contributed by atoms with E-state index < -0.39 is 0 Å². The molecule has 3 aromatic rings. The summed E-state index contributed by atoms with van der Waals surface area (Å²) in [5.41, 5.74) is 4.82. The molecule has 0 unspecified atom stereocenters. The van der Waals surface area contributed by atoms with Gasteiger partial charge in [-0.05, 0) is 34.6 Å². The molecule has 0 amide bonds. The van der Waals surface area contributed by atoms with E-state index in [1.54, 1.807) is 0 Å². The number of hydrogen-bond donors (Lipinski definition) is 1. The normalized spacial score (nSPS) is 12.8. The predicted octanol–water partition coefficient (Wildman–Crippen LogP) is 5.54. The molecule has 0 saturated heterocycles. The van der Waals surface area contributed by atoms with Gasteiger partial charge in [0.15, 0.2) is 0 Å². The zero-order valence-corrected chi connectivity index (χ0v) is 16.3. The molecule has 1 aromatic heterocycles. The highest BCUT2D eigenvalue weighted by molar-refractivity contribution is 5.82. The number of para-hydroxylation sites is 2. The fourth-order valence-corrected chi connectivity index (χ4v) is 3.20. The number of phenolic OH excluding ortho intramolecular Hbond substituents is 1. The Morgan fingerprint density at radius 3 is 2.12 bits per heavy atom. The summed E-state index contributed by atoms with van der Waals surface area (Å²) in [7, 11) is 2.00. The molecule has 0 bridgehead atoms. The van der Waals surface area contributed by atoms with Crippen molar-refractivity contribution in [3.63, 3.8) is 0 Å². The molecule has 0 saturated carbocycles. The first-order valence-corrected chi connectivity index (χ1v) is 8.80. The van der Waals surface area contributed by atoms with Crippen molar-refractivity contribution in [3.05, 3.63) is 47.5 Å². The molecular weight excluding hydrogens is 308 g/mol. The van der Waals surface area contributed by atoms with E-state index in [1.807, 2.05) is 25.2 Å². The molecular formula is C22H28N2O. The van der Waals surface area contributed by atoms with Gasteiger partial charge in [0, 0.05) is 12.6 Å². The van der Waals surface area contributed by atoms with Gasteiger partial charge in [-0.15, -0.1) is 0 Å². The molecule has 0 aliphatic carbocycles. The van der Waals surface area contributed by atoms with Crippen LogP contribution in [0, 0.1) is 0 Å². The van der Waals surface area contributed by atoms with Crippen LogP contribution in [-0.4, -0.2) is 14.7 Å². The number of benzene rings is 2. The van der Waals surface area contributed by atoms with E-state index in [1.165, 1.54) is 5.56 Å². The Balaban J connectivity index is 2.36. The van der Waals surface area contributed by atoms with Crippen molar-refractivity contribution in [2.24, 2.45) is 7.05 Å². The van der Waals surface area contributed by atoms with Crippen molar-refractivity contribution >= 4 is 11.0 Å². The average molecular weight is 336 g/mol. The number of imidazole rings is 1. The van der Waals surface area contributed by atoms with Crippen LogP contribution < -0.4 is 0 Å². The van der Waals surface area contributed by atoms with E-state index in [0.29, 0.717) is 5.75 Å². The molecule has 0 radical (unpaired) electrons. The Morgan fingerprint density at radius 1 is 0.920 bits per heavy atom. The highest BCUT2D eigenvalue weighted by Gasteiger charge is 2.27. The fraction of sp³-hybridized carbons (Fsp3) is 0.409. The second kappa shape index (κ2) is 5.62. The van der Waals surface area contributed by atoms with E-state index in [4.69, 9.17) is 4.98 Å². The van der Waals surface area contributed by atoms with E-state index in [-0.39, 0.29) is 10.8 Å². The molecule has 0 aliphatic heterocycles. The Labute approximate surface area is 150 Å². The summed E-state index contributed by atoms with van der Waals surface area (Å²) in [4.78, 5) is 4.79. The van der Waals surface area contributed by atoms with Crippen molar-refractivity contribution in [2.45, 2.75) is 52.4 Å². The predicted molar refractivity (Wildman–Crippen MR) is 105 cm³/mol. The molecule has 0 spiro atoms. The highest BCUT2D eigenvalue weighted by atomic mass is 16.3. The summed E-state index contributed by atoms with van der Waals surface area (Å²) >= 11 is 0. The van der Waals surface area contributed by atoms with Crippen LogP contribution >= 0.6 is 0 Å². The summed E-state index contributed by atoms with van der Waals surface area (Å²) < 4.78 is 2.06. The fourth-order valence-electron chi connectivity index (χ4n) is 3.20. The third kappa shape index (κ3) is 3.04. The van der Waals surface area contributed by atoms with Gasteiger partial charge in [-0.1, -0.05) is 59.7 Å². The number of phenols is 1. The second-order valence-corrected chi connectivity index (χ2v) is 8.90. The van der Waals surface area contributed by atoms with Gasteiger partial charge in [0.2, 0.25) is 0 Å². The minimum absolute atomic E-state index is 0.00691. The lowest BCUT2D eigenvalue weighted by atomic mass is 9.79. The number of aryl methyl sites for hydroxylation is 1. The maximum absolute atomic E-state index is 11.1. The van der Waals surface area contributed by atoms with E-state index in [0.717, 1.165) is 28.0 Å². The summed E-state index contributed by atoms with van der Waals surface area (Å²) in [6, 6.07) is 12.3. The van der Waals surface area contributed by atoms with Gasteiger partial charge in [-0.3, -0.25) is 0 Å². The number of hydrogen-bond acceptors (Lipinski definition) is 2. The minimum atomic E-state index is -0.148. The smallest absolute Gasteiger partial charge is 0.144 e. The van der Waals surface area contributed by atoms with Crippen molar-refractivity contribution in [1.82, 2.24) is 9.55 Å². The van der Waals surface area contributed by atoms with Gasteiger partial charge in [0.1, 0.15) is 11.6 Å². The average Bonchev–Trinajstić information content (AvgIpc) is 2.82. The molecule has 1 N–H and O–H groups in total. The third-order valence-electron chi connectivity index (χ3n) is 4.81. The Morgan fingerprint density at radius 2 is 1.56 bits per heavy atom. The number of aromatic hydroxyl groups is 1.